The third-order valence-corrected chi connectivity index (χ3v) is 4.10. The third-order valence-electron chi connectivity index (χ3n) is 4.10. The van der Waals surface area contributed by atoms with Crippen LogP contribution in [0.25, 0.3) is 6.08 Å². The van der Waals surface area contributed by atoms with Crippen molar-refractivity contribution in [2.75, 3.05) is 13.7 Å². The van der Waals surface area contributed by atoms with Gasteiger partial charge in [0.05, 0.1) is 7.11 Å². The van der Waals surface area contributed by atoms with Gasteiger partial charge in [-0.3, -0.25) is 4.79 Å². The summed E-state index contributed by atoms with van der Waals surface area (Å²) in [4.78, 5) is 12.6. The van der Waals surface area contributed by atoms with E-state index in [-0.39, 0.29) is 5.78 Å². The molecule has 3 heteroatoms. The van der Waals surface area contributed by atoms with Crippen molar-refractivity contribution in [3.8, 4) is 11.5 Å². The highest BCUT2D eigenvalue weighted by Gasteiger charge is 2.21. The van der Waals surface area contributed by atoms with E-state index in [1.54, 1.807) is 13.2 Å². The summed E-state index contributed by atoms with van der Waals surface area (Å²) in [6, 6.07) is 13.5. The van der Waals surface area contributed by atoms with Crippen LogP contribution in [-0.4, -0.2) is 19.5 Å². The highest BCUT2D eigenvalue weighted by molar-refractivity contribution is 6.13. The zero-order chi connectivity index (χ0) is 16.9. The first-order valence-electron chi connectivity index (χ1n) is 7.98. The number of fused-ring (bicyclic) bond motifs is 1. The SMILES string of the molecule is C=CCOc1ccc(/C=C2\CCc3ccccc3C2=O)cc1OC. The van der Waals surface area contributed by atoms with Gasteiger partial charge in [-0.2, -0.15) is 0 Å². The van der Waals surface area contributed by atoms with Crippen LogP contribution in [0, 0.1) is 0 Å². The van der Waals surface area contributed by atoms with Crippen molar-refractivity contribution >= 4 is 11.9 Å². The number of methoxy groups -OCH3 is 1. The molecular formula is C21H20O3. The summed E-state index contributed by atoms with van der Waals surface area (Å²) in [5, 5.41) is 0. The first kappa shape index (κ1) is 16.1. The summed E-state index contributed by atoms with van der Waals surface area (Å²) in [5.41, 5.74) is 3.70. The Bertz CT molecular complexity index is 802. The standard InChI is InChI=1S/C21H20O3/c1-3-12-24-19-11-8-15(14-20(19)23-2)13-17-10-9-16-6-4-5-7-18(16)21(17)22/h3-8,11,13-14H,1,9-10,12H2,2H3/b17-13+. The normalized spacial score (nSPS) is 15.0. The van der Waals surface area contributed by atoms with Crippen molar-refractivity contribution in [1.29, 1.82) is 0 Å². The molecule has 0 N–H and O–H groups in total. The van der Waals surface area contributed by atoms with Crippen molar-refractivity contribution < 1.29 is 14.3 Å². The molecule has 0 fully saturated rings. The Hall–Kier alpha value is -2.81. The number of hydrogen-bond acceptors (Lipinski definition) is 3. The summed E-state index contributed by atoms with van der Waals surface area (Å²) in [5.74, 6) is 1.43. The van der Waals surface area contributed by atoms with E-state index >= 15 is 0 Å². The molecule has 0 spiro atoms. The topological polar surface area (TPSA) is 35.5 Å². The second kappa shape index (κ2) is 7.18. The van der Waals surface area contributed by atoms with Crippen LogP contribution < -0.4 is 9.47 Å². The Balaban J connectivity index is 1.89. The van der Waals surface area contributed by atoms with Crippen molar-refractivity contribution in [1.82, 2.24) is 0 Å². The van der Waals surface area contributed by atoms with Gasteiger partial charge < -0.3 is 9.47 Å². The van der Waals surface area contributed by atoms with Crippen LogP contribution in [0.4, 0.5) is 0 Å². The average molecular weight is 320 g/mol. The summed E-state index contributed by atoms with van der Waals surface area (Å²) in [6.07, 6.45) is 5.28. The molecule has 3 rings (SSSR count). The Morgan fingerprint density at radius 1 is 1.12 bits per heavy atom. The van der Waals surface area contributed by atoms with Gasteiger partial charge in [-0.05, 0) is 42.2 Å². The fraction of sp³-hybridized carbons (Fsp3) is 0.190. The molecule has 0 amide bonds. The molecule has 0 atom stereocenters. The van der Waals surface area contributed by atoms with E-state index in [1.807, 2.05) is 48.5 Å². The Morgan fingerprint density at radius 2 is 1.96 bits per heavy atom. The van der Waals surface area contributed by atoms with Gasteiger partial charge in [0.2, 0.25) is 0 Å². The highest BCUT2D eigenvalue weighted by atomic mass is 16.5. The van der Waals surface area contributed by atoms with Gasteiger partial charge in [-0.25, -0.2) is 0 Å². The lowest BCUT2D eigenvalue weighted by Gasteiger charge is -2.17. The zero-order valence-corrected chi connectivity index (χ0v) is 13.7. The molecular weight excluding hydrogens is 300 g/mol. The van der Waals surface area contributed by atoms with Crippen LogP contribution in [-0.2, 0) is 6.42 Å². The second-order valence-corrected chi connectivity index (χ2v) is 5.67. The van der Waals surface area contributed by atoms with Crippen molar-refractivity contribution in [3.63, 3.8) is 0 Å². The molecule has 2 aromatic rings. The summed E-state index contributed by atoms with van der Waals surface area (Å²) >= 11 is 0. The van der Waals surface area contributed by atoms with Gasteiger partial charge in [0.25, 0.3) is 0 Å². The van der Waals surface area contributed by atoms with Gasteiger partial charge in [0.1, 0.15) is 6.61 Å². The molecule has 0 heterocycles. The predicted octanol–water partition coefficient (Wildman–Crippen LogP) is 4.47. The van der Waals surface area contributed by atoms with Gasteiger partial charge >= 0.3 is 0 Å². The van der Waals surface area contributed by atoms with Gasteiger partial charge in [0.15, 0.2) is 17.3 Å². The first-order valence-corrected chi connectivity index (χ1v) is 7.98. The van der Waals surface area contributed by atoms with Crippen LogP contribution in [0.2, 0.25) is 0 Å². The maximum atomic E-state index is 12.6. The second-order valence-electron chi connectivity index (χ2n) is 5.67. The van der Waals surface area contributed by atoms with Crippen molar-refractivity contribution in [3.05, 3.63) is 77.4 Å². The number of Topliss-reactive ketones (excluding diaryl/α,β-unsaturated/α-hetero) is 1. The molecule has 0 aliphatic heterocycles. The number of hydrogen-bond donors (Lipinski definition) is 0. The Morgan fingerprint density at radius 3 is 2.75 bits per heavy atom. The third kappa shape index (κ3) is 3.25. The molecule has 0 radical (unpaired) electrons. The Labute approximate surface area is 142 Å². The number of rotatable bonds is 5. The fourth-order valence-electron chi connectivity index (χ4n) is 2.90. The largest absolute Gasteiger partial charge is 0.493 e. The number of allylic oxidation sites excluding steroid dienone is 1. The lowest BCUT2D eigenvalue weighted by Crippen LogP contribution is -2.13. The minimum Gasteiger partial charge on any atom is -0.493 e. The van der Waals surface area contributed by atoms with Crippen molar-refractivity contribution in [2.24, 2.45) is 0 Å². The van der Waals surface area contributed by atoms with Crippen molar-refractivity contribution in [2.45, 2.75) is 12.8 Å². The van der Waals surface area contributed by atoms with Crippen LogP contribution in [0.3, 0.4) is 0 Å². The lowest BCUT2D eigenvalue weighted by molar-refractivity contribution is 0.102. The summed E-state index contributed by atoms with van der Waals surface area (Å²) in [6.45, 7) is 4.06. The molecule has 0 bridgehead atoms. The van der Waals surface area contributed by atoms with E-state index in [2.05, 4.69) is 6.58 Å². The smallest absolute Gasteiger partial charge is 0.189 e. The quantitative estimate of drug-likeness (QED) is 0.602. The van der Waals surface area contributed by atoms with Gasteiger partial charge in [-0.1, -0.05) is 43.0 Å². The van der Waals surface area contributed by atoms with Crippen LogP contribution in [0.15, 0.2) is 60.7 Å². The highest BCUT2D eigenvalue weighted by Crippen LogP contribution is 2.31. The Kier molecular flexibility index (Phi) is 4.80. The van der Waals surface area contributed by atoms with E-state index in [1.165, 1.54) is 0 Å². The van der Waals surface area contributed by atoms with Gasteiger partial charge in [-0.15, -0.1) is 0 Å². The van der Waals surface area contributed by atoms with E-state index in [9.17, 15) is 4.79 Å². The molecule has 2 aromatic carbocycles. The molecule has 0 aromatic heterocycles. The predicted molar refractivity (Wildman–Crippen MR) is 95.8 cm³/mol. The molecule has 0 saturated carbocycles. The van der Waals surface area contributed by atoms with E-state index in [0.717, 1.165) is 35.1 Å². The molecule has 1 aliphatic rings. The molecule has 0 saturated heterocycles. The minimum atomic E-state index is 0.114. The van der Waals surface area contributed by atoms with Crippen LogP contribution in [0.1, 0.15) is 27.9 Å². The number of carbonyl (C=O) groups excluding carboxylic acids is 1. The number of aryl methyl sites for hydroxylation is 1. The van der Waals surface area contributed by atoms with E-state index < -0.39 is 0 Å². The summed E-state index contributed by atoms with van der Waals surface area (Å²) in [7, 11) is 1.61. The number of ketones is 1. The minimum absolute atomic E-state index is 0.114. The molecule has 0 unspecified atom stereocenters. The maximum absolute atomic E-state index is 12.6. The fourth-order valence-corrected chi connectivity index (χ4v) is 2.90. The molecule has 24 heavy (non-hydrogen) atoms. The summed E-state index contributed by atoms with van der Waals surface area (Å²) < 4.78 is 10.9. The molecule has 3 nitrogen and oxygen atoms in total. The van der Waals surface area contributed by atoms with Crippen LogP contribution in [0.5, 0.6) is 11.5 Å². The van der Waals surface area contributed by atoms with E-state index in [0.29, 0.717) is 18.1 Å². The van der Waals surface area contributed by atoms with Crippen LogP contribution >= 0.6 is 0 Å². The number of ether oxygens (including phenoxy) is 2. The number of carbonyl (C=O) groups is 1. The molecule has 122 valence electrons. The maximum Gasteiger partial charge on any atom is 0.189 e. The molecule has 1 aliphatic carbocycles. The first-order chi connectivity index (χ1) is 11.7. The number of benzene rings is 2. The average Bonchev–Trinajstić information content (AvgIpc) is 2.63. The van der Waals surface area contributed by atoms with E-state index in [4.69, 9.17) is 9.47 Å². The zero-order valence-electron chi connectivity index (χ0n) is 13.7. The monoisotopic (exact) mass is 320 g/mol. The van der Waals surface area contributed by atoms with Gasteiger partial charge in [0, 0.05) is 11.1 Å². The lowest BCUT2D eigenvalue weighted by atomic mass is 9.86.